The maximum atomic E-state index is 10.8. The van der Waals surface area contributed by atoms with Crippen molar-refractivity contribution in [3.63, 3.8) is 0 Å². The highest BCUT2D eigenvalue weighted by Crippen LogP contribution is 2.33. The van der Waals surface area contributed by atoms with E-state index in [4.69, 9.17) is 5.73 Å². The fraction of sp³-hybridized carbons (Fsp3) is 0.875. The standard InChI is InChI=1S/C8H17NO2/c1-5-7(2,3)8(4,11)6(9)10/h11H,5H2,1-4H3,(H2,9,10). The van der Waals surface area contributed by atoms with Gasteiger partial charge in [-0.05, 0) is 13.3 Å². The van der Waals surface area contributed by atoms with Crippen LogP contribution in [0.2, 0.25) is 0 Å². The lowest BCUT2D eigenvalue weighted by molar-refractivity contribution is -0.147. The molecule has 3 heteroatoms. The predicted octanol–water partition coefficient (Wildman–Crippen LogP) is 0.659. The Hall–Kier alpha value is -0.570. The van der Waals surface area contributed by atoms with Crippen LogP contribution in [0.3, 0.4) is 0 Å². The van der Waals surface area contributed by atoms with Gasteiger partial charge in [-0.25, -0.2) is 0 Å². The van der Waals surface area contributed by atoms with Crippen molar-refractivity contribution >= 4 is 5.91 Å². The largest absolute Gasteiger partial charge is 0.380 e. The molecular weight excluding hydrogens is 142 g/mol. The highest BCUT2D eigenvalue weighted by molar-refractivity contribution is 5.83. The third-order valence-electron chi connectivity index (χ3n) is 2.68. The van der Waals surface area contributed by atoms with E-state index in [2.05, 4.69) is 0 Å². The summed E-state index contributed by atoms with van der Waals surface area (Å²) in [6.45, 7) is 7.01. The van der Waals surface area contributed by atoms with E-state index in [-0.39, 0.29) is 0 Å². The number of hydrogen-bond acceptors (Lipinski definition) is 2. The van der Waals surface area contributed by atoms with Crippen LogP contribution in [0, 0.1) is 5.41 Å². The zero-order valence-electron chi connectivity index (χ0n) is 7.64. The Morgan fingerprint density at radius 1 is 1.45 bits per heavy atom. The molecule has 0 saturated heterocycles. The lowest BCUT2D eigenvalue weighted by Crippen LogP contribution is -2.52. The van der Waals surface area contributed by atoms with E-state index in [0.29, 0.717) is 6.42 Å². The summed E-state index contributed by atoms with van der Waals surface area (Å²) in [4.78, 5) is 10.8. The molecule has 0 aromatic carbocycles. The summed E-state index contributed by atoms with van der Waals surface area (Å²) in [5.74, 6) is -0.663. The minimum atomic E-state index is -1.41. The molecule has 0 aliphatic carbocycles. The summed E-state index contributed by atoms with van der Waals surface area (Å²) >= 11 is 0. The van der Waals surface area contributed by atoms with Gasteiger partial charge < -0.3 is 10.8 Å². The number of aliphatic hydroxyl groups is 1. The van der Waals surface area contributed by atoms with Gasteiger partial charge in [0.2, 0.25) is 5.91 Å². The number of rotatable bonds is 3. The molecule has 66 valence electrons. The first kappa shape index (κ1) is 10.4. The topological polar surface area (TPSA) is 63.3 Å². The molecule has 0 aromatic heterocycles. The van der Waals surface area contributed by atoms with E-state index in [9.17, 15) is 9.90 Å². The fourth-order valence-corrected chi connectivity index (χ4v) is 0.678. The van der Waals surface area contributed by atoms with Crippen LogP contribution in [0.4, 0.5) is 0 Å². The van der Waals surface area contributed by atoms with Gasteiger partial charge in [0.15, 0.2) is 0 Å². The minimum absolute atomic E-state index is 0.459. The molecule has 0 fully saturated rings. The van der Waals surface area contributed by atoms with Crippen molar-refractivity contribution in [3.05, 3.63) is 0 Å². The molecule has 1 atom stereocenters. The zero-order chi connectivity index (χ0) is 9.28. The first-order valence-electron chi connectivity index (χ1n) is 3.78. The highest BCUT2D eigenvalue weighted by Gasteiger charge is 2.42. The molecule has 0 rings (SSSR count). The molecule has 0 aliphatic heterocycles. The van der Waals surface area contributed by atoms with Crippen LogP contribution >= 0.6 is 0 Å². The van der Waals surface area contributed by atoms with Crippen LogP contribution in [0.25, 0.3) is 0 Å². The molecule has 0 heterocycles. The fourth-order valence-electron chi connectivity index (χ4n) is 0.678. The molecular formula is C8H17NO2. The van der Waals surface area contributed by atoms with Gasteiger partial charge in [0.05, 0.1) is 0 Å². The van der Waals surface area contributed by atoms with Gasteiger partial charge in [0.25, 0.3) is 0 Å². The van der Waals surface area contributed by atoms with Gasteiger partial charge >= 0.3 is 0 Å². The van der Waals surface area contributed by atoms with Crippen molar-refractivity contribution in [2.75, 3.05) is 0 Å². The molecule has 3 N–H and O–H groups in total. The van der Waals surface area contributed by atoms with Gasteiger partial charge in [0.1, 0.15) is 5.60 Å². The first-order chi connectivity index (χ1) is 4.75. The van der Waals surface area contributed by atoms with Crippen LogP contribution in [-0.2, 0) is 4.79 Å². The van der Waals surface area contributed by atoms with E-state index < -0.39 is 16.9 Å². The second kappa shape index (κ2) is 2.81. The molecule has 0 spiro atoms. The summed E-state index contributed by atoms with van der Waals surface area (Å²) in [7, 11) is 0. The maximum Gasteiger partial charge on any atom is 0.249 e. The van der Waals surface area contributed by atoms with Crippen LogP contribution in [0.15, 0.2) is 0 Å². The zero-order valence-corrected chi connectivity index (χ0v) is 7.64. The van der Waals surface area contributed by atoms with Gasteiger partial charge in [0, 0.05) is 5.41 Å². The molecule has 0 aromatic rings. The number of amides is 1. The lowest BCUT2D eigenvalue weighted by Gasteiger charge is -2.36. The Morgan fingerprint density at radius 3 is 1.91 bits per heavy atom. The molecule has 1 unspecified atom stereocenters. The highest BCUT2D eigenvalue weighted by atomic mass is 16.3. The Bertz CT molecular complexity index is 161. The van der Waals surface area contributed by atoms with E-state index >= 15 is 0 Å². The summed E-state index contributed by atoms with van der Waals surface area (Å²) in [5.41, 5.74) is 3.17. The van der Waals surface area contributed by atoms with Crippen molar-refractivity contribution < 1.29 is 9.90 Å². The van der Waals surface area contributed by atoms with Crippen molar-refractivity contribution in [2.24, 2.45) is 11.1 Å². The van der Waals surface area contributed by atoms with E-state index in [0.717, 1.165) is 0 Å². The number of carbonyl (C=O) groups is 1. The molecule has 0 bridgehead atoms. The van der Waals surface area contributed by atoms with Gasteiger partial charge in [-0.15, -0.1) is 0 Å². The minimum Gasteiger partial charge on any atom is -0.380 e. The normalized spacial score (nSPS) is 17.5. The van der Waals surface area contributed by atoms with Gasteiger partial charge in [-0.2, -0.15) is 0 Å². The monoisotopic (exact) mass is 159 g/mol. The van der Waals surface area contributed by atoms with E-state index in [1.165, 1.54) is 6.92 Å². The van der Waals surface area contributed by atoms with Crippen LogP contribution in [-0.4, -0.2) is 16.6 Å². The molecule has 1 amide bonds. The van der Waals surface area contributed by atoms with Crippen molar-refractivity contribution in [1.29, 1.82) is 0 Å². The second-order valence-corrected chi connectivity index (χ2v) is 3.67. The SMILES string of the molecule is CCC(C)(C)C(C)(O)C(N)=O. The summed E-state index contributed by atoms with van der Waals surface area (Å²) < 4.78 is 0. The van der Waals surface area contributed by atoms with Crippen LogP contribution in [0.5, 0.6) is 0 Å². The Balaban J connectivity index is 4.67. The predicted molar refractivity (Wildman–Crippen MR) is 43.9 cm³/mol. The smallest absolute Gasteiger partial charge is 0.249 e. The third-order valence-corrected chi connectivity index (χ3v) is 2.68. The average molecular weight is 159 g/mol. The molecule has 0 aliphatic rings. The van der Waals surface area contributed by atoms with E-state index in [1.54, 1.807) is 0 Å². The first-order valence-corrected chi connectivity index (χ1v) is 3.78. The third kappa shape index (κ3) is 1.71. The lowest BCUT2D eigenvalue weighted by atomic mass is 9.73. The number of carbonyl (C=O) groups excluding carboxylic acids is 1. The Labute approximate surface area is 67.6 Å². The molecule has 11 heavy (non-hydrogen) atoms. The van der Waals surface area contributed by atoms with E-state index in [1.807, 2.05) is 20.8 Å². The summed E-state index contributed by atoms with van der Waals surface area (Å²) in [5, 5.41) is 9.64. The number of hydrogen-bond donors (Lipinski definition) is 2. The van der Waals surface area contributed by atoms with Crippen LogP contribution in [0.1, 0.15) is 34.1 Å². The van der Waals surface area contributed by atoms with Gasteiger partial charge in [-0.3, -0.25) is 4.79 Å². The maximum absolute atomic E-state index is 10.8. The van der Waals surface area contributed by atoms with Crippen molar-refractivity contribution in [3.8, 4) is 0 Å². The quantitative estimate of drug-likeness (QED) is 0.635. The van der Waals surface area contributed by atoms with Crippen molar-refractivity contribution in [2.45, 2.75) is 39.7 Å². The molecule has 0 saturated carbocycles. The van der Waals surface area contributed by atoms with Crippen molar-refractivity contribution in [1.82, 2.24) is 0 Å². The molecule has 0 radical (unpaired) electrons. The second-order valence-electron chi connectivity index (χ2n) is 3.67. The van der Waals surface area contributed by atoms with Gasteiger partial charge in [-0.1, -0.05) is 20.8 Å². The number of nitrogens with two attached hydrogens (primary N) is 1. The Morgan fingerprint density at radius 2 is 1.82 bits per heavy atom. The summed E-state index contributed by atoms with van der Waals surface area (Å²) in [6.07, 6.45) is 0.711. The Kier molecular flexibility index (Phi) is 2.67. The molecule has 3 nitrogen and oxygen atoms in total. The average Bonchev–Trinajstić information content (AvgIpc) is 1.87. The summed E-state index contributed by atoms with van der Waals surface area (Å²) in [6, 6.07) is 0. The number of primary amides is 1. The van der Waals surface area contributed by atoms with Crippen LogP contribution < -0.4 is 5.73 Å².